The maximum Gasteiger partial charge on any atom is 0.335 e. The molecule has 118 valence electrons. The van der Waals surface area contributed by atoms with Gasteiger partial charge in [-0.05, 0) is 62.8 Å². The fourth-order valence-electron chi connectivity index (χ4n) is 2.12. The van der Waals surface area contributed by atoms with Crippen LogP contribution in [0.4, 0.5) is 0 Å². The quantitative estimate of drug-likeness (QED) is 0.466. The molecule has 0 atom stereocenters. The van der Waals surface area contributed by atoms with Crippen LogP contribution in [0.25, 0.3) is 0 Å². The van der Waals surface area contributed by atoms with Gasteiger partial charge in [0.1, 0.15) is 0 Å². The average Bonchev–Trinajstić information content (AvgIpc) is 2.47. The Labute approximate surface area is 127 Å². The molecule has 0 unspecified atom stereocenters. The smallest absolute Gasteiger partial charge is 0.335 e. The van der Waals surface area contributed by atoms with Gasteiger partial charge in [-0.1, -0.05) is 13.0 Å². The first-order chi connectivity index (χ1) is 10.2. The lowest BCUT2D eigenvalue weighted by atomic mass is 10.1. The number of benzene rings is 1. The first kappa shape index (κ1) is 17.6. The van der Waals surface area contributed by atoms with Gasteiger partial charge in [-0.2, -0.15) is 0 Å². The molecule has 0 aliphatic heterocycles. The van der Waals surface area contributed by atoms with Gasteiger partial charge in [0.25, 0.3) is 0 Å². The van der Waals surface area contributed by atoms with E-state index >= 15 is 0 Å². The van der Waals surface area contributed by atoms with E-state index in [9.17, 15) is 9.90 Å². The Morgan fingerprint density at radius 2 is 1.67 bits per heavy atom. The molecule has 0 aromatic heterocycles. The first-order valence-corrected chi connectivity index (χ1v) is 7.59. The number of hydrogen-bond donors (Lipinski definition) is 4. The van der Waals surface area contributed by atoms with Gasteiger partial charge in [0, 0.05) is 13.1 Å². The summed E-state index contributed by atoms with van der Waals surface area (Å²) < 4.78 is 0. The van der Waals surface area contributed by atoms with Crippen LogP contribution in [-0.4, -0.2) is 37.8 Å². The summed E-state index contributed by atoms with van der Waals surface area (Å²) in [6.07, 6.45) is 2.12. The Morgan fingerprint density at radius 1 is 1.05 bits per heavy atom. The van der Waals surface area contributed by atoms with Gasteiger partial charge in [0.2, 0.25) is 0 Å². The van der Waals surface area contributed by atoms with E-state index in [2.05, 4.69) is 28.9 Å². The minimum Gasteiger partial charge on any atom is -0.478 e. The predicted octanol–water partition coefficient (Wildman–Crippen LogP) is 1.58. The van der Waals surface area contributed by atoms with Crippen molar-refractivity contribution in [1.82, 2.24) is 16.0 Å². The molecule has 0 aliphatic rings. The van der Waals surface area contributed by atoms with Gasteiger partial charge in [0.15, 0.2) is 0 Å². The van der Waals surface area contributed by atoms with Crippen molar-refractivity contribution in [3.05, 3.63) is 34.9 Å². The van der Waals surface area contributed by atoms with E-state index in [1.807, 2.05) is 7.05 Å². The summed E-state index contributed by atoms with van der Waals surface area (Å²) in [4.78, 5) is 11.2. The molecule has 1 rings (SSSR count). The molecule has 0 saturated heterocycles. The number of carboxylic acid groups (broad SMARTS) is 1. The zero-order valence-electron chi connectivity index (χ0n) is 13.0. The SMILES string of the molecule is CCCNCc1cc(CNCCCNC)cc(C(=O)O)c1. The molecule has 1 aromatic carbocycles. The van der Waals surface area contributed by atoms with Gasteiger partial charge in [-0.25, -0.2) is 4.79 Å². The molecule has 0 bridgehead atoms. The average molecular weight is 293 g/mol. The summed E-state index contributed by atoms with van der Waals surface area (Å²) in [7, 11) is 1.94. The van der Waals surface area contributed by atoms with E-state index in [-0.39, 0.29) is 0 Å². The Hall–Kier alpha value is -1.43. The number of rotatable bonds is 11. The van der Waals surface area contributed by atoms with Crippen molar-refractivity contribution in [1.29, 1.82) is 0 Å². The molecular formula is C16H27N3O2. The van der Waals surface area contributed by atoms with Crippen LogP contribution >= 0.6 is 0 Å². The summed E-state index contributed by atoms with van der Waals surface area (Å²) in [5.41, 5.74) is 2.40. The van der Waals surface area contributed by atoms with Crippen LogP contribution in [0.2, 0.25) is 0 Å². The normalized spacial score (nSPS) is 10.8. The third-order valence-electron chi connectivity index (χ3n) is 3.16. The molecular weight excluding hydrogens is 266 g/mol. The highest BCUT2D eigenvalue weighted by atomic mass is 16.4. The highest BCUT2D eigenvalue weighted by molar-refractivity contribution is 5.88. The lowest BCUT2D eigenvalue weighted by molar-refractivity contribution is 0.0696. The maximum atomic E-state index is 11.2. The Balaban J connectivity index is 2.61. The number of carboxylic acids is 1. The lowest BCUT2D eigenvalue weighted by Gasteiger charge is -2.10. The third kappa shape index (κ3) is 7.22. The summed E-state index contributed by atoms with van der Waals surface area (Å²) >= 11 is 0. The van der Waals surface area contributed by atoms with Crippen molar-refractivity contribution in [2.24, 2.45) is 0 Å². The first-order valence-electron chi connectivity index (χ1n) is 7.59. The molecule has 0 spiro atoms. The fourth-order valence-corrected chi connectivity index (χ4v) is 2.12. The zero-order valence-corrected chi connectivity index (χ0v) is 13.0. The van der Waals surface area contributed by atoms with Gasteiger partial charge >= 0.3 is 5.97 Å². The minimum atomic E-state index is -0.872. The summed E-state index contributed by atoms with van der Waals surface area (Å²) in [5, 5.41) is 19.0. The second-order valence-corrected chi connectivity index (χ2v) is 5.15. The second-order valence-electron chi connectivity index (χ2n) is 5.15. The number of aromatic carboxylic acids is 1. The van der Waals surface area contributed by atoms with Gasteiger partial charge in [-0.3, -0.25) is 0 Å². The standard InChI is InChI=1S/C16H27N3O2/c1-3-5-18-11-13-8-14(10-15(9-13)16(20)21)12-19-7-4-6-17-2/h8-10,17-19H,3-7,11-12H2,1-2H3,(H,20,21). The van der Waals surface area contributed by atoms with Crippen LogP contribution in [0, 0.1) is 0 Å². The van der Waals surface area contributed by atoms with Gasteiger partial charge in [0.05, 0.1) is 5.56 Å². The van der Waals surface area contributed by atoms with E-state index in [1.165, 1.54) is 0 Å². The molecule has 0 saturated carbocycles. The van der Waals surface area contributed by atoms with Crippen LogP contribution in [-0.2, 0) is 13.1 Å². The molecule has 0 heterocycles. The van der Waals surface area contributed by atoms with Crippen molar-refractivity contribution in [2.75, 3.05) is 26.7 Å². The van der Waals surface area contributed by atoms with E-state index < -0.39 is 5.97 Å². The minimum absolute atomic E-state index is 0.359. The van der Waals surface area contributed by atoms with Crippen LogP contribution in [0.15, 0.2) is 18.2 Å². The van der Waals surface area contributed by atoms with E-state index in [0.717, 1.165) is 43.6 Å². The van der Waals surface area contributed by atoms with Crippen LogP contribution in [0.5, 0.6) is 0 Å². The molecule has 0 aliphatic carbocycles. The molecule has 1 aromatic rings. The van der Waals surface area contributed by atoms with E-state index in [0.29, 0.717) is 18.7 Å². The monoisotopic (exact) mass is 293 g/mol. The topological polar surface area (TPSA) is 73.4 Å². The number of carbonyl (C=O) groups is 1. The summed E-state index contributed by atoms with van der Waals surface area (Å²) in [6.45, 7) is 6.36. The predicted molar refractivity (Wildman–Crippen MR) is 85.6 cm³/mol. The highest BCUT2D eigenvalue weighted by Crippen LogP contribution is 2.11. The van der Waals surface area contributed by atoms with Crippen molar-refractivity contribution < 1.29 is 9.90 Å². The van der Waals surface area contributed by atoms with Crippen molar-refractivity contribution in [2.45, 2.75) is 32.9 Å². The largest absolute Gasteiger partial charge is 0.478 e. The second kappa shape index (κ2) is 10.3. The third-order valence-corrected chi connectivity index (χ3v) is 3.16. The Kier molecular flexibility index (Phi) is 8.66. The molecule has 4 N–H and O–H groups in total. The Morgan fingerprint density at radius 3 is 2.19 bits per heavy atom. The van der Waals surface area contributed by atoms with Gasteiger partial charge < -0.3 is 21.1 Å². The molecule has 5 nitrogen and oxygen atoms in total. The van der Waals surface area contributed by atoms with Crippen molar-refractivity contribution >= 4 is 5.97 Å². The molecule has 5 heteroatoms. The summed E-state index contributed by atoms with van der Waals surface area (Å²) in [5.74, 6) is -0.872. The van der Waals surface area contributed by atoms with Crippen molar-refractivity contribution in [3.8, 4) is 0 Å². The zero-order chi connectivity index (χ0) is 15.5. The Bertz CT molecular complexity index is 436. The van der Waals surface area contributed by atoms with Crippen LogP contribution in [0.3, 0.4) is 0 Å². The van der Waals surface area contributed by atoms with E-state index in [1.54, 1.807) is 12.1 Å². The molecule has 21 heavy (non-hydrogen) atoms. The summed E-state index contributed by atoms with van der Waals surface area (Å²) in [6, 6.07) is 5.56. The molecule has 0 amide bonds. The number of nitrogens with one attached hydrogen (secondary N) is 3. The van der Waals surface area contributed by atoms with Gasteiger partial charge in [-0.15, -0.1) is 0 Å². The molecule has 0 fully saturated rings. The van der Waals surface area contributed by atoms with E-state index in [4.69, 9.17) is 0 Å². The maximum absolute atomic E-state index is 11.2. The highest BCUT2D eigenvalue weighted by Gasteiger charge is 2.07. The fraction of sp³-hybridized carbons (Fsp3) is 0.562. The lowest BCUT2D eigenvalue weighted by Crippen LogP contribution is -2.20. The van der Waals surface area contributed by atoms with Crippen LogP contribution < -0.4 is 16.0 Å². The van der Waals surface area contributed by atoms with Crippen LogP contribution in [0.1, 0.15) is 41.3 Å². The number of hydrogen-bond acceptors (Lipinski definition) is 4. The van der Waals surface area contributed by atoms with Crippen molar-refractivity contribution in [3.63, 3.8) is 0 Å². The molecule has 0 radical (unpaired) electrons.